The van der Waals surface area contributed by atoms with Crippen LogP contribution in [-0.4, -0.2) is 54.1 Å². The van der Waals surface area contributed by atoms with Gasteiger partial charge in [0.05, 0.1) is 7.11 Å². The number of hydrogen-bond donors (Lipinski definition) is 1. The fourth-order valence-electron chi connectivity index (χ4n) is 4.75. The van der Waals surface area contributed by atoms with Crippen LogP contribution in [0.1, 0.15) is 44.7 Å². The van der Waals surface area contributed by atoms with Gasteiger partial charge in [0.15, 0.2) is 0 Å². The predicted molar refractivity (Wildman–Crippen MR) is 129 cm³/mol. The third kappa shape index (κ3) is 6.04. The lowest BCUT2D eigenvalue weighted by molar-refractivity contribution is -0.135. The van der Waals surface area contributed by atoms with E-state index < -0.39 is 0 Å². The highest BCUT2D eigenvalue weighted by atomic mass is 16.5. The Morgan fingerprint density at radius 1 is 1.12 bits per heavy atom. The summed E-state index contributed by atoms with van der Waals surface area (Å²) in [5.41, 5.74) is 2.19. The van der Waals surface area contributed by atoms with E-state index in [-0.39, 0.29) is 11.8 Å². The summed E-state index contributed by atoms with van der Waals surface area (Å²) in [4.78, 5) is 17.5. The molecule has 2 aromatic rings. The van der Waals surface area contributed by atoms with Crippen molar-refractivity contribution in [3.8, 4) is 11.5 Å². The number of amides is 1. The summed E-state index contributed by atoms with van der Waals surface area (Å²) in [7, 11) is 1.70. The molecular weight excluding hydrogens is 400 g/mol. The molecule has 1 amide bonds. The molecule has 2 unspecified atom stereocenters. The highest BCUT2D eigenvalue weighted by Gasteiger charge is 2.36. The second-order valence-electron chi connectivity index (χ2n) is 9.76. The lowest BCUT2D eigenvalue weighted by Gasteiger charge is -2.31. The first-order valence-corrected chi connectivity index (χ1v) is 11.7. The number of nitrogens with zero attached hydrogens (tertiary/aromatic N) is 2. The Bertz CT molecular complexity index is 896. The van der Waals surface area contributed by atoms with Gasteiger partial charge in [-0.25, -0.2) is 0 Å². The van der Waals surface area contributed by atoms with Gasteiger partial charge in [0.2, 0.25) is 5.91 Å². The minimum Gasteiger partial charge on any atom is -0.508 e. The van der Waals surface area contributed by atoms with Gasteiger partial charge in [-0.05, 0) is 35.6 Å². The molecule has 1 heterocycles. The van der Waals surface area contributed by atoms with E-state index in [4.69, 9.17) is 4.74 Å². The molecule has 32 heavy (non-hydrogen) atoms. The number of carbonyl (C=O) groups is 1. The van der Waals surface area contributed by atoms with E-state index >= 15 is 0 Å². The molecule has 5 nitrogen and oxygen atoms in total. The van der Waals surface area contributed by atoms with Crippen molar-refractivity contribution >= 4 is 5.91 Å². The van der Waals surface area contributed by atoms with Crippen molar-refractivity contribution in [2.75, 3.05) is 33.3 Å². The number of aromatic hydroxyl groups is 1. The van der Waals surface area contributed by atoms with Gasteiger partial charge in [0.1, 0.15) is 11.5 Å². The van der Waals surface area contributed by atoms with Gasteiger partial charge < -0.3 is 14.7 Å². The average molecular weight is 439 g/mol. The van der Waals surface area contributed by atoms with E-state index in [2.05, 4.69) is 35.8 Å². The lowest BCUT2D eigenvalue weighted by atomic mass is 9.88. The van der Waals surface area contributed by atoms with Crippen molar-refractivity contribution in [1.82, 2.24) is 9.80 Å². The number of phenols is 1. The molecule has 2 atom stereocenters. The normalized spacial score (nSPS) is 19.0. The highest BCUT2D eigenvalue weighted by Crippen LogP contribution is 2.36. The molecule has 3 rings (SSSR count). The third-order valence-corrected chi connectivity index (χ3v) is 6.27. The van der Waals surface area contributed by atoms with Crippen LogP contribution < -0.4 is 4.74 Å². The van der Waals surface area contributed by atoms with Crippen molar-refractivity contribution in [2.24, 2.45) is 17.8 Å². The van der Waals surface area contributed by atoms with Crippen LogP contribution in [0, 0.1) is 17.8 Å². The number of phenolic OH excluding ortho intramolecular Hbond substituents is 1. The molecule has 1 aliphatic heterocycles. The fourth-order valence-corrected chi connectivity index (χ4v) is 4.75. The molecule has 174 valence electrons. The third-order valence-electron chi connectivity index (χ3n) is 6.27. The van der Waals surface area contributed by atoms with Crippen LogP contribution in [0.15, 0.2) is 48.5 Å². The smallest absolute Gasteiger partial charge is 0.225 e. The zero-order valence-electron chi connectivity index (χ0n) is 20.1. The maximum Gasteiger partial charge on any atom is 0.225 e. The van der Waals surface area contributed by atoms with Crippen LogP contribution in [0.3, 0.4) is 0 Å². The molecule has 0 saturated carbocycles. The number of hydrogen-bond acceptors (Lipinski definition) is 4. The Kier molecular flexibility index (Phi) is 8.19. The maximum atomic E-state index is 13.0. The second-order valence-corrected chi connectivity index (χ2v) is 9.76. The molecule has 1 saturated heterocycles. The van der Waals surface area contributed by atoms with E-state index in [9.17, 15) is 9.90 Å². The highest BCUT2D eigenvalue weighted by molar-refractivity contribution is 5.78. The molecule has 5 heteroatoms. The second kappa shape index (κ2) is 10.9. The SMILES string of the molecule is COc1cccc(C2CN(Cc3ccccc3O)CC2CN(CC(C)C)C(=O)C(C)C)c1. The number of benzene rings is 2. The summed E-state index contributed by atoms with van der Waals surface area (Å²) in [5, 5.41) is 10.3. The molecule has 0 bridgehead atoms. The first-order chi connectivity index (χ1) is 15.3. The number of ether oxygens (including phenoxy) is 1. The van der Waals surface area contributed by atoms with Gasteiger partial charge in [-0.3, -0.25) is 9.69 Å². The van der Waals surface area contributed by atoms with Crippen molar-refractivity contribution < 1.29 is 14.6 Å². The zero-order chi connectivity index (χ0) is 23.3. The standard InChI is InChI=1S/C27H38N2O3/c1-19(2)14-29(27(31)20(3)4)17-23-16-28(15-22-9-6-7-12-26(22)30)18-25(23)21-10-8-11-24(13-21)32-5/h6-13,19-20,23,25,30H,14-18H2,1-5H3. The molecule has 0 aromatic heterocycles. The van der Waals surface area contributed by atoms with Crippen LogP contribution in [0.4, 0.5) is 0 Å². The van der Waals surface area contributed by atoms with Gasteiger partial charge in [0, 0.05) is 50.1 Å². The predicted octanol–water partition coefficient (Wildman–Crippen LogP) is 4.76. The van der Waals surface area contributed by atoms with Crippen LogP contribution in [0.2, 0.25) is 0 Å². The molecule has 1 fully saturated rings. The first kappa shape index (κ1) is 24.1. The molecule has 0 radical (unpaired) electrons. The lowest BCUT2D eigenvalue weighted by Crippen LogP contribution is -2.41. The van der Waals surface area contributed by atoms with Crippen molar-refractivity contribution in [3.63, 3.8) is 0 Å². The van der Waals surface area contributed by atoms with Crippen molar-refractivity contribution in [3.05, 3.63) is 59.7 Å². The Labute approximate surface area is 193 Å². The number of rotatable bonds is 9. The van der Waals surface area contributed by atoms with Gasteiger partial charge in [-0.1, -0.05) is 58.0 Å². The summed E-state index contributed by atoms with van der Waals surface area (Å²) in [6.45, 7) is 12.3. The number of carbonyl (C=O) groups excluding carboxylic acids is 1. The van der Waals surface area contributed by atoms with Gasteiger partial charge in [-0.15, -0.1) is 0 Å². The first-order valence-electron chi connectivity index (χ1n) is 11.7. The van der Waals surface area contributed by atoms with Crippen LogP contribution >= 0.6 is 0 Å². The molecule has 0 spiro atoms. The Morgan fingerprint density at radius 2 is 1.88 bits per heavy atom. The summed E-state index contributed by atoms with van der Waals surface area (Å²) in [5.74, 6) is 2.44. The van der Waals surface area contributed by atoms with Crippen LogP contribution in [0.25, 0.3) is 0 Å². The summed E-state index contributed by atoms with van der Waals surface area (Å²) < 4.78 is 5.48. The average Bonchev–Trinajstić information content (AvgIpc) is 3.16. The van der Waals surface area contributed by atoms with E-state index in [1.165, 1.54) is 5.56 Å². The van der Waals surface area contributed by atoms with E-state index in [1.807, 2.05) is 44.2 Å². The fraction of sp³-hybridized carbons (Fsp3) is 0.519. The molecule has 1 N–H and O–H groups in total. The Morgan fingerprint density at radius 3 is 2.53 bits per heavy atom. The minimum atomic E-state index is -0.0113. The number of methoxy groups -OCH3 is 1. The van der Waals surface area contributed by atoms with E-state index in [0.717, 1.165) is 37.5 Å². The van der Waals surface area contributed by atoms with Crippen molar-refractivity contribution in [1.29, 1.82) is 0 Å². The molecule has 2 aromatic carbocycles. The monoisotopic (exact) mass is 438 g/mol. The zero-order valence-corrected chi connectivity index (χ0v) is 20.1. The number of para-hydroxylation sites is 1. The Hall–Kier alpha value is -2.53. The number of likely N-dealkylation sites (tertiary alicyclic amines) is 1. The molecule has 1 aliphatic rings. The topological polar surface area (TPSA) is 53.0 Å². The maximum absolute atomic E-state index is 13.0. The minimum absolute atomic E-state index is 0.0113. The van der Waals surface area contributed by atoms with E-state index in [0.29, 0.717) is 30.0 Å². The molecular formula is C27H38N2O3. The van der Waals surface area contributed by atoms with Crippen LogP contribution in [0.5, 0.6) is 11.5 Å². The largest absolute Gasteiger partial charge is 0.508 e. The summed E-state index contributed by atoms with van der Waals surface area (Å²) in [6.07, 6.45) is 0. The Balaban J connectivity index is 1.86. The van der Waals surface area contributed by atoms with Gasteiger partial charge >= 0.3 is 0 Å². The molecule has 0 aliphatic carbocycles. The van der Waals surface area contributed by atoms with Crippen LogP contribution in [-0.2, 0) is 11.3 Å². The quantitative estimate of drug-likeness (QED) is 0.613. The van der Waals surface area contributed by atoms with Gasteiger partial charge in [-0.2, -0.15) is 0 Å². The van der Waals surface area contributed by atoms with Crippen molar-refractivity contribution in [2.45, 2.75) is 40.2 Å². The summed E-state index contributed by atoms with van der Waals surface area (Å²) >= 11 is 0. The summed E-state index contributed by atoms with van der Waals surface area (Å²) in [6, 6.07) is 15.9. The van der Waals surface area contributed by atoms with Gasteiger partial charge in [0.25, 0.3) is 0 Å². The van der Waals surface area contributed by atoms with E-state index in [1.54, 1.807) is 13.2 Å².